The molecule has 24 heavy (non-hydrogen) atoms. The van der Waals surface area contributed by atoms with Crippen LogP contribution in [0.3, 0.4) is 0 Å². The minimum absolute atomic E-state index is 0.0796. The lowest BCUT2D eigenvalue weighted by molar-refractivity contribution is -0.142. The van der Waals surface area contributed by atoms with E-state index in [2.05, 4.69) is 0 Å². The lowest BCUT2D eigenvalue weighted by Gasteiger charge is -2.34. The highest BCUT2D eigenvalue weighted by Crippen LogP contribution is 2.24. The summed E-state index contributed by atoms with van der Waals surface area (Å²) in [6.07, 6.45) is 6.17. The lowest BCUT2D eigenvalue weighted by atomic mass is 9.93. The average Bonchev–Trinajstić information content (AvgIpc) is 2.63. The fraction of sp³-hybridized carbons (Fsp3) is 0.579. The van der Waals surface area contributed by atoms with Crippen molar-refractivity contribution in [2.45, 2.75) is 51.0 Å². The van der Waals surface area contributed by atoms with Gasteiger partial charge in [0.05, 0.1) is 27.1 Å². The van der Waals surface area contributed by atoms with Gasteiger partial charge in [0.15, 0.2) is 0 Å². The number of amides is 1. The number of hydrogen-bond acceptors (Lipinski definition) is 4. The molecule has 1 aromatic carbocycles. The van der Waals surface area contributed by atoms with E-state index in [-0.39, 0.29) is 24.3 Å². The van der Waals surface area contributed by atoms with E-state index in [0.717, 1.165) is 37.0 Å². The zero-order chi connectivity index (χ0) is 17.4. The van der Waals surface area contributed by atoms with Gasteiger partial charge in [0.2, 0.25) is 5.91 Å². The minimum Gasteiger partial charge on any atom is -0.497 e. The molecule has 0 unspecified atom stereocenters. The third-order valence-corrected chi connectivity index (χ3v) is 4.63. The van der Waals surface area contributed by atoms with Crippen molar-refractivity contribution >= 4 is 11.9 Å². The number of hydrogen-bond donors (Lipinski definition) is 0. The van der Waals surface area contributed by atoms with E-state index in [1.54, 1.807) is 7.11 Å². The number of carbonyl (C=O) groups excluding carboxylic acids is 2. The molecule has 1 aliphatic rings. The molecule has 1 aromatic rings. The second kappa shape index (κ2) is 9.30. The van der Waals surface area contributed by atoms with E-state index < -0.39 is 0 Å². The Balaban J connectivity index is 2.02. The van der Waals surface area contributed by atoms with Crippen LogP contribution in [0.2, 0.25) is 0 Å². The van der Waals surface area contributed by atoms with Crippen LogP contribution in [-0.2, 0) is 20.7 Å². The zero-order valence-corrected chi connectivity index (χ0v) is 14.6. The number of esters is 1. The Hall–Kier alpha value is -2.04. The van der Waals surface area contributed by atoms with E-state index in [9.17, 15) is 9.59 Å². The second-order valence-corrected chi connectivity index (χ2v) is 6.23. The first-order valence-corrected chi connectivity index (χ1v) is 8.63. The molecule has 0 radical (unpaired) electrons. The standard InChI is InChI=1S/C19H27NO4/c1-23-17-10-8-15(9-11-17)14-18(21)20(13-12-19(22)24-2)16-6-4-3-5-7-16/h8-11,16H,3-7,12-14H2,1-2H3. The van der Waals surface area contributed by atoms with Crippen LogP contribution in [0.5, 0.6) is 5.75 Å². The summed E-state index contributed by atoms with van der Waals surface area (Å²) in [5.41, 5.74) is 0.958. The predicted octanol–water partition coefficient (Wildman–Crippen LogP) is 2.96. The molecule has 132 valence electrons. The van der Waals surface area contributed by atoms with Crippen molar-refractivity contribution in [3.63, 3.8) is 0 Å². The average molecular weight is 333 g/mol. The van der Waals surface area contributed by atoms with Gasteiger partial charge in [-0.15, -0.1) is 0 Å². The van der Waals surface area contributed by atoms with Crippen molar-refractivity contribution in [2.75, 3.05) is 20.8 Å². The summed E-state index contributed by atoms with van der Waals surface area (Å²) < 4.78 is 9.87. The summed E-state index contributed by atoms with van der Waals surface area (Å²) in [7, 11) is 3.00. The van der Waals surface area contributed by atoms with Crippen LogP contribution in [0.25, 0.3) is 0 Å². The van der Waals surface area contributed by atoms with E-state index in [1.165, 1.54) is 13.5 Å². The maximum Gasteiger partial charge on any atom is 0.307 e. The molecule has 5 heteroatoms. The summed E-state index contributed by atoms with van der Waals surface area (Å²) in [6.45, 7) is 0.437. The van der Waals surface area contributed by atoms with Crippen molar-refractivity contribution in [3.05, 3.63) is 29.8 Å². The molecule has 0 saturated heterocycles. The third-order valence-electron chi connectivity index (χ3n) is 4.63. The molecule has 0 aromatic heterocycles. The van der Waals surface area contributed by atoms with Gasteiger partial charge in [0.1, 0.15) is 5.75 Å². The SMILES string of the molecule is COC(=O)CCN(C(=O)Cc1ccc(OC)cc1)C1CCCCC1. The van der Waals surface area contributed by atoms with Crippen LogP contribution in [0.4, 0.5) is 0 Å². The van der Waals surface area contributed by atoms with E-state index in [0.29, 0.717) is 13.0 Å². The minimum atomic E-state index is -0.270. The second-order valence-electron chi connectivity index (χ2n) is 6.23. The number of ether oxygens (including phenoxy) is 2. The lowest BCUT2D eigenvalue weighted by Crippen LogP contribution is -2.43. The molecule has 1 aliphatic carbocycles. The van der Waals surface area contributed by atoms with Gasteiger partial charge in [-0.05, 0) is 30.5 Å². The van der Waals surface area contributed by atoms with Crippen LogP contribution >= 0.6 is 0 Å². The zero-order valence-electron chi connectivity index (χ0n) is 14.6. The molecule has 1 amide bonds. The van der Waals surface area contributed by atoms with Gasteiger partial charge in [-0.2, -0.15) is 0 Å². The number of nitrogens with zero attached hydrogens (tertiary/aromatic N) is 1. The molecule has 0 spiro atoms. The smallest absolute Gasteiger partial charge is 0.307 e. The first-order valence-electron chi connectivity index (χ1n) is 8.63. The van der Waals surface area contributed by atoms with Gasteiger partial charge >= 0.3 is 5.97 Å². The summed E-state index contributed by atoms with van der Waals surface area (Å²) in [5, 5.41) is 0. The molecule has 1 fully saturated rings. The number of methoxy groups -OCH3 is 2. The Morgan fingerprint density at radius 3 is 2.33 bits per heavy atom. The van der Waals surface area contributed by atoms with E-state index in [1.807, 2.05) is 29.2 Å². The van der Waals surface area contributed by atoms with Gasteiger partial charge in [-0.1, -0.05) is 31.4 Å². The molecule has 0 atom stereocenters. The largest absolute Gasteiger partial charge is 0.497 e. The number of rotatable bonds is 7. The Labute approximate surface area is 143 Å². The van der Waals surface area contributed by atoms with Crippen molar-refractivity contribution in [1.29, 1.82) is 0 Å². The first-order chi connectivity index (χ1) is 11.6. The monoisotopic (exact) mass is 333 g/mol. The predicted molar refractivity (Wildman–Crippen MR) is 91.9 cm³/mol. The molecule has 0 N–H and O–H groups in total. The molecule has 5 nitrogen and oxygen atoms in total. The van der Waals surface area contributed by atoms with Gasteiger partial charge in [0, 0.05) is 12.6 Å². The Morgan fingerprint density at radius 1 is 1.08 bits per heavy atom. The van der Waals surface area contributed by atoms with Crippen LogP contribution in [0.1, 0.15) is 44.1 Å². The van der Waals surface area contributed by atoms with Gasteiger partial charge < -0.3 is 14.4 Å². The number of carbonyl (C=O) groups is 2. The molecule has 0 aliphatic heterocycles. The summed E-state index contributed by atoms with van der Waals surface area (Å²) in [5.74, 6) is 0.588. The summed E-state index contributed by atoms with van der Waals surface area (Å²) >= 11 is 0. The molecule has 2 rings (SSSR count). The summed E-state index contributed by atoms with van der Waals surface area (Å²) in [6, 6.07) is 7.80. The summed E-state index contributed by atoms with van der Waals surface area (Å²) in [4.78, 5) is 26.2. The van der Waals surface area contributed by atoms with Gasteiger partial charge in [-0.25, -0.2) is 0 Å². The normalized spacial score (nSPS) is 14.9. The first kappa shape index (κ1) is 18.3. The molecule has 1 saturated carbocycles. The molecular formula is C19H27NO4. The Morgan fingerprint density at radius 2 is 1.75 bits per heavy atom. The third kappa shape index (κ3) is 5.25. The van der Waals surface area contributed by atoms with Crippen molar-refractivity contribution < 1.29 is 19.1 Å². The highest BCUT2D eigenvalue weighted by molar-refractivity contribution is 5.80. The molecule has 0 bridgehead atoms. The van der Waals surface area contributed by atoms with E-state index in [4.69, 9.17) is 9.47 Å². The van der Waals surface area contributed by atoms with Gasteiger partial charge in [0.25, 0.3) is 0 Å². The Kier molecular flexibility index (Phi) is 7.09. The highest BCUT2D eigenvalue weighted by atomic mass is 16.5. The molecular weight excluding hydrogens is 306 g/mol. The van der Waals surface area contributed by atoms with Crippen molar-refractivity contribution in [2.24, 2.45) is 0 Å². The van der Waals surface area contributed by atoms with Crippen LogP contribution in [-0.4, -0.2) is 43.6 Å². The molecule has 0 heterocycles. The van der Waals surface area contributed by atoms with Crippen molar-refractivity contribution in [1.82, 2.24) is 4.90 Å². The fourth-order valence-electron chi connectivity index (χ4n) is 3.24. The van der Waals surface area contributed by atoms with Crippen molar-refractivity contribution in [3.8, 4) is 5.75 Å². The van der Waals surface area contributed by atoms with Crippen LogP contribution in [0.15, 0.2) is 24.3 Å². The quantitative estimate of drug-likeness (QED) is 0.720. The maximum atomic E-state index is 12.8. The Bertz CT molecular complexity index is 535. The van der Waals surface area contributed by atoms with Crippen LogP contribution in [0, 0.1) is 0 Å². The fourth-order valence-corrected chi connectivity index (χ4v) is 3.24. The highest BCUT2D eigenvalue weighted by Gasteiger charge is 2.25. The maximum absolute atomic E-state index is 12.8. The van der Waals surface area contributed by atoms with Crippen LogP contribution < -0.4 is 4.74 Å². The number of benzene rings is 1. The van der Waals surface area contributed by atoms with Gasteiger partial charge in [-0.3, -0.25) is 9.59 Å². The topological polar surface area (TPSA) is 55.8 Å². The van der Waals surface area contributed by atoms with E-state index >= 15 is 0 Å².